The van der Waals surface area contributed by atoms with Crippen molar-refractivity contribution in [2.45, 2.75) is 50.7 Å². The molecule has 0 spiro atoms. The van der Waals surface area contributed by atoms with Crippen molar-refractivity contribution in [1.82, 2.24) is 24.7 Å². The van der Waals surface area contributed by atoms with Gasteiger partial charge >= 0.3 is 0 Å². The third-order valence-electron chi connectivity index (χ3n) is 7.06. The third-order valence-corrected chi connectivity index (χ3v) is 7.06. The van der Waals surface area contributed by atoms with Crippen LogP contribution in [-0.2, 0) is 4.74 Å². The Kier molecular flexibility index (Phi) is 3.60. The first-order valence-corrected chi connectivity index (χ1v) is 10.4. The first-order chi connectivity index (χ1) is 13.3. The summed E-state index contributed by atoms with van der Waals surface area (Å²) in [6, 6.07) is 2.66. The van der Waals surface area contributed by atoms with Crippen molar-refractivity contribution in [3.8, 4) is 0 Å². The maximum absolute atomic E-state index is 6.04. The molecule has 6 heteroatoms. The summed E-state index contributed by atoms with van der Waals surface area (Å²) in [4.78, 5) is 12.3. The molecule has 1 aliphatic heterocycles. The number of ether oxygens (including phenoxy) is 1. The average molecular weight is 365 g/mol. The highest BCUT2D eigenvalue weighted by atomic mass is 16.5. The van der Waals surface area contributed by atoms with Gasteiger partial charge in [0.1, 0.15) is 0 Å². The Bertz CT molecular complexity index is 973. The minimum absolute atomic E-state index is 0.393. The van der Waals surface area contributed by atoms with Crippen LogP contribution in [0.5, 0.6) is 0 Å². The fourth-order valence-corrected chi connectivity index (χ4v) is 5.31. The van der Waals surface area contributed by atoms with Crippen LogP contribution in [-0.4, -0.2) is 44.7 Å². The molecule has 6 rings (SSSR count). The molecule has 3 aliphatic rings. The fraction of sp³-hybridized carbons (Fsp3) is 0.619. The van der Waals surface area contributed by atoms with Crippen molar-refractivity contribution < 1.29 is 4.74 Å². The minimum Gasteiger partial charge on any atom is -0.374 e. The van der Waals surface area contributed by atoms with Crippen LogP contribution in [0, 0.1) is 17.8 Å². The zero-order valence-electron chi connectivity index (χ0n) is 15.8. The summed E-state index contributed by atoms with van der Waals surface area (Å²) in [5, 5.41) is 3.77. The Morgan fingerprint density at radius 1 is 1.26 bits per heavy atom. The van der Waals surface area contributed by atoms with E-state index in [9.17, 15) is 0 Å². The van der Waals surface area contributed by atoms with Gasteiger partial charge in [0, 0.05) is 24.0 Å². The Balaban J connectivity index is 1.25. The molecular formula is C21H27N5O. The summed E-state index contributed by atoms with van der Waals surface area (Å²) < 4.78 is 8.34. The number of hydrogen-bond donors (Lipinski definition) is 2. The van der Waals surface area contributed by atoms with Crippen LogP contribution in [0.3, 0.4) is 0 Å². The number of aromatic amines is 1. The van der Waals surface area contributed by atoms with E-state index in [0.29, 0.717) is 29.9 Å². The summed E-state index contributed by atoms with van der Waals surface area (Å²) in [6.45, 7) is 4.46. The Morgan fingerprint density at radius 3 is 3.00 bits per heavy atom. The molecule has 2 N–H and O–H groups in total. The Morgan fingerprint density at radius 2 is 2.19 bits per heavy atom. The number of rotatable bonds is 5. The molecule has 3 aromatic rings. The number of aromatic nitrogens is 4. The maximum atomic E-state index is 6.04. The van der Waals surface area contributed by atoms with E-state index < -0.39 is 0 Å². The van der Waals surface area contributed by atoms with E-state index in [0.717, 1.165) is 29.3 Å². The number of nitrogens with zero attached hydrogens (tertiary/aromatic N) is 3. The molecule has 0 radical (unpaired) electrons. The van der Waals surface area contributed by atoms with Gasteiger partial charge in [-0.2, -0.15) is 0 Å². The second-order valence-electron chi connectivity index (χ2n) is 8.92. The molecule has 2 unspecified atom stereocenters. The monoisotopic (exact) mass is 365 g/mol. The average Bonchev–Trinajstić information content (AvgIpc) is 3.03. The molecule has 3 aromatic heterocycles. The summed E-state index contributed by atoms with van der Waals surface area (Å²) >= 11 is 0. The second-order valence-corrected chi connectivity index (χ2v) is 8.92. The lowest BCUT2D eigenvalue weighted by Gasteiger charge is -2.41. The molecule has 142 valence electrons. The minimum atomic E-state index is 0.393. The molecule has 1 saturated heterocycles. The predicted molar refractivity (Wildman–Crippen MR) is 104 cm³/mol. The maximum Gasteiger partial charge on any atom is 0.156 e. The van der Waals surface area contributed by atoms with Crippen LogP contribution in [0.15, 0.2) is 24.7 Å². The van der Waals surface area contributed by atoms with Crippen LogP contribution in [0.2, 0.25) is 0 Å². The summed E-state index contributed by atoms with van der Waals surface area (Å²) in [6.07, 6.45) is 11.5. The Hall–Kier alpha value is -1.92. The van der Waals surface area contributed by atoms with Gasteiger partial charge in [0.2, 0.25) is 0 Å². The van der Waals surface area contributed by atoms with Crippen LogP contribution < -0.4 is 5.32 Å². The molecule has 3 fully saturated rings. The zero-order valence-corrected chi connectivity index (χ0v) is 15.8. The van der Waals surface area contributed by atoms with Crippen molar-refractivity contribution in [3.63, 3.8) is 0 Å². The molecule has 0 bridgehead atoms. The zero-order chi connectivity index (χ0) is 18.0. The van der Waals surface area contributed by atoms with E-state index in [1.165, 1.54) is 37.9 Å². The highest BCUT2D eigenvalue weighted by molar-refractivity contribution is 5.74. The normalized spacial score (nSPS) is 33.7. The highest BCUT2D eigenvalue weighted by Gasteiger charge is 2.45. The molecule has 0 amide bonds. The van der Waals surface area contributed by atoms with Gasteiger partial charge in [-0.15, -0.1) is 0 Å². The molecule has 5 atom stereocenters. The van der Waals surface area contributed by atoms with Gasteiger partial charge in [0.05, 0.1) is 30.5 Å². The number of imidazole rings is 1. The molecule has 0 aromatic carbocycles. The van der Waals surface area contributed by atoms with E-state index in [1.807, 2.05) is 12.4 Å². The topological polar surface area (TPSA) is 67.2 Å². The first kappa shape index (κ1) is 16.1. The van der Waals surface area contributed by atoms with Gasteiger partial charge in [0.15, 0.2) is 11.3 Å². The van der Waals surface area contributed by atoms with Crippen LogP contribution in [0.4, 0.5) is 0 Å². The van der Waals surface area contributed by atoms with E-state index in [4.69, 9.17) is 4.74 Å². The molecule has 27 heavy (non-hydrogen) atoms. The molecule has 2 saturated carbocycles. The SMILES string of the molecule is C[C@@H]1C[C@H](C2OCC2NCC2CC2)C[C@@H]1c1cnc2cnc3[nH]ccc3n12. The smallest absolute Gasteiger partial charge is 0.156 e. The number of fused-ring (bicyclic) bond motifs is 3. The van der Waals surface area contributed by atoms with E-state index >= 15 is 0 Å². The van der Waals surface area contributed by atoms with Crippen molar-refractivity contribution in [1.29, 1.82) is 0 Å². The standard InChI is InChI=1S/C21H27N5O/c1-12-6-14(20-16(11-27-20)23-8-13-2-3-13)7-15(12)18-9-24-19-10-25-21-17(26(18)19)4-5-22-21/h4-5,9-10,12-16,20,22-23H,2-3,6-8,11H2,1H3/t12-,14+,15+,16?,20?/m1/s1. The molecule has 6 nitrogen and oxygen atoms in total. The third kappa shape index (κ3) is 2.61. The van der Waals surface area contributed by atoms with Crippen LogP contribution in [0.25, 0.3) is 16.8 Å². The largest absolute Gasteiger partial charge is 0.374 e. The highest BCUT2D eigenvalue weighted by Crippen LogP contribution is 2.47. The van der Waals surface area contributed by atoms with Gasteiger partial charge in [0.25, 0.3) is 0 Å². The van der Waals surface area contributed by atoms with Crippen LogP contribution >= 0.6 is 0 Å². The molecule has 2 aliphatic carbocycles. The predicted octanol–water partition coefficient (Wildman–Crippen LogP) is 3.11. The lowest BCUT2D eigenvalue weighted by Crippen LogP contribution is -2.57. The Labute approximate surface area is 158 Å². The van der Waals surface area contributed by atoms with E-state index in [1.54, 1.807) is 0 Å². The quantitative estimate of drug-likeness (QED) is 0.729. The second kappa shape index (κ2) is 6.04. The molecular weight excluding hydrogens is 338 g/mol. The van der Waals surface area contributed by atoms with E-state index in [2.05, 4.69) is 43.9 Å². The number of nitrogens with one attached hydrogen (secondary N) is 2. The van der Waals surface area contributed by atoms with Gasteiger partial charge in [-0.05, 0) is 56.0 Å². The summed E-state index contributed by atoms with van der Waals surface area (Å²) in [7, 11) is 0. The first-order valence-electron chi connectivity index (χ1n) is 10.4. The van der Waals surface area contributed by atoms with E-state index in [-0.39, 0.29) is 0 Å². The summed E-state index contributed by atoms with van der Waals surface area (Å²) in [5.74, 6) is 2.74. The number of hydrogen-bond acceptors (Lipinski definition) is 4. The summed E-state index contributed by atoms with van der Waals surface area (Å²) in [5.41, 5.74) is 4.32. The van der Waals surface area contributed by atoms with Crippen molar-refractivity contribution in [3.05, 3.63) is 30.4 Å². The fourth-order valence-electron chi connectivity index (χ4n) is 5.31. The van der Waals surface area contributed by atoms with Gasteiger partial charge < -0.3 is 15.0 Å². The lowest BCUT2D eigenvalue weighted by atomic mass is 9.89. The van der Waals surface area contributed by atoms with Crippen molar-refractivity contribution >= 4 is 16.8 Å². The van der Waals surface area contributed by atoms with Gasteiger partial charge in [-0.3, -0.25) is 4.40 Å². The van der Waals surface area contributed by atoms with Crippen molar-refractivity contribution in [2.24, 2.45) is 17.8 Å². The lowest BCUT2D eigenvalue weighted by molar-refractivity contribution is -0.117. The number of H-pyrrole nitrogens is 1. The van der Waals surface area contributed by atoms with Crippen LogP contribution in [0.1, 0.15) is 44.2 Å². The van der Waals surface area contributed by atoms with Gasteiger partial charge in [-0.25, -0.2) is 9.97 Å². The molecule has 4 heterocycles. The van der Waals surface area contributed by atoms with Gasteiger partial charge in [-0.1, -0.05) is 6.92 Å². The van der Waals surface area contributed by atoms with Crippen molar-refractivity contribution in [2.75, 3.05) is 13.2 Å².